The molecule has 0 aliphatic carbocycles. The summed E-state index contributed by atoms with van der Waals surface area (Å²) in [5, 5.41) is 5.02. The van der Waals surface area contributed by atoms with Crippen molar-refractivity contribution in [2.75, 3.05) is 22.1 Å². The fraction of sp³-hybridized carbons (Fsp3) is 0.125. The molecule has 4 nitrogen and oxygen atoms in total. The van der Waals surface area contributed by atoms with Crippen LogP contribution in [0.2, 0.25) is 0 Å². The number of carbonyl (C=O) groups is 2. The van der Waals surface area contributed by atoms with E-state index in [1.54, 1.807) is 6.07 Å². The first-order valence-corrected chi connectivity index (χ1v) is 7.87. The minimum atomic E-state index is -0.514. The van der Waals surface area contributed by atoms with Gasteiger partial charge in [0, 0.05) is 5.69 Å². The van der Waals surface area contributed by atoms with Gasteiger partial charge in [0.05, 0.1) is 17.2 Å². The van der Waals surface area contributed by atoms with Crippen LogP contribution in [0.25, 0.3) is 0 Å². The van der Waals surface area contributed by atoms with Crippen LogP contribution in [-0.4, -0.2) is 23.3 Å². The minimum Gasteiger partial charge on any atom is -0.325 e. The van der Waals surface area contributed by atoms with E-state index in [0.29, 0.717) is 5.69 Å². The quantitative estimate of drug-likeness (QED) is 0.851. The molecule has 0 unspecified atom stereocenters. The molecule has 120 valence electrons. The lowest BCUT2D eigenvalue weighted by molar-refractivity contribution is -0.114. The van der Waals surface area contributed by atoms with Gasteiger partial charge in [-0.05, 0) is 36.4 Å². The molecule has 0 saturated carbocycles. The second-order valence-corrected chi connectivity index (χ2v) is 5.56. The predicted molar refractivity (Wildman–Crippen MR) is 87.4 cm³/mol. The third-order valence-electron chi connectivity index (χ3n) is 2.74. The summed E-state index contributed by atoms with van der Waals surface area (Å²) in [7, 11) is 0. The van der Waals surface area contributed by atoms with E-state index in [1.807, 2.05) is 0 Å². The zero-order chi connectivity index (χ0) is 16.7. The van der Waals surface area contributed by atoms with Crippen molar-refractivity contribution in [3.05, 3.63) is 60.2 Å². The van der Waals surface area contributed by atoms with Crippen LogP contribution in [0.4, 0.5) is 20.2 Å². The number of benzene rings is 2. The number of carbonyl (C=O) groups excluding carboxylic acids is 2. The van der Waals surface area contributed by atoms with Crippen molar-refractivity contribution in [2.24, 2.45) is 0 Å². The van der Waals surface area contributed by atoms with E-state index in [2.05, 4.69) is 10.6 Å². The van der Waals surface area contributed by atoms with Crippen LogP contribution in [0, 0.1) is 11.6 Å². The maximum absolute atomic E-state index is 13.4. The van der Waals surface area contributed by atoms with Crippen LogP contribution in [0.3, 0.4) is 0 Å². The number of amides is 2. The average molecular weight is 336 g/mol. The predicted octanol–water partition coefficient (Wildman–Crippen LogP) is 3.28. The van der Waals surface area contributed by atoms with Crippen LogP contribution in [0.5, 0.6) is 0 Å². The van der Waals surface area contributed by atoms with Crippen LogP contribution in [-0.2, 0) is 9.59 Å². The molecule has 23 heavy (non-hydrogen) atoms. The summed E-state index contributed by atoms with van der Waals surface area (Å²) in [5.74, 6) is -1.52. The van der Waals surface area contributed by atoms with E-state index in [9.17, 15) is 18.4 Å². The summed E-state index contributed by atoms with van der Waals surface area (Å²) in [6.45, 7) is 0. The Labute approximate surface area is 136 Å². The Bertz CT molecular complexity index is 693. The van der Waals surface area contributed by atoms with Crippen molar-refractivity contribution in [2.45, 2.75) is 0 Å². The number of hydrogen-bond acceptors (Lipinski definition) is 3. The highest BCUT2D eigenvalue weighted by Crippen LogP contribution is 2.13. The lowest BCUT2D eigenvalue weighted by Crippen LogP contribution is -2.18. The third-order valence-corrected chi connectivity index (χ3v) is 3.67. The van der Waals surface area contributed by atoms with Gasteiger partial charge in [0.15, 0.2) is 0 Å². The van der Waals surface area contributed by atoms with Crippen molar-refractivity contribution in [1.29, 1.82) is 0 Å². The topological polar surface area (TPSA) is 58.2 Å². The van der Waals surface area contributed by atoms with E-state index in [4.69, 9.17) is 0 Å². The molecule has 0 radical (unpaired) electrons. The number of nitrogens with one attached hydrogen (secondary N) is 2. The molecule has 0 atom stereocenters. The van der Waals surface area contributed by atoms with E-state index in [0.717, 1.165) is 11.8 Å². The molecule has 0 fully saturated rings. The van der Waals surface area contributed by atoms with Crippen molar-refractivity contribution >= 4 is 35.0 Å². The van der Waals surface area contributed by atoms with E-state index < -0.39 is 11.7 Å². The molecule has 2 N–H and O–H groups in total. The van der Waals surface area contributed by atoms with Crippen molar-refractivity contribution in [1.82, 2.24) is 0 Å². The molecule has 0 heterocycles. The molecular formula is C16H14F2N2O2S. The summed E-state index contributed by atoms with van der Waals surface area (Å²) < 4.78 is 26.1. The van der Waals surface area contributed by atoms with E-state index in [1.165, 1.54) is 42.5 Å². The second kappa shape index (κ2) is 8.28. The van der Waals surface area contributed by atoms with Crippen LogP contribution in [0.15, 0.2) is 48.5 Å². The average Bonchev–Trinajstić information content (AvgIpc) is 2.52. The summed E-state index contributed by atoms with van der Waals surface area (Å²) in [4.78, 5) is 23.3. The SMILES string of the molecule is O=C(CSCC(=O)Nc1ccccc1F)Nc1ccc(F)cc1. The standard InChI is InChI=1S/C16H14F2N2O2S/c17-11-5-7-12(8-6-11)19-15(21)9-23-10-16(22)20-14-4-2-1-3-13(14)18/h1-8H,9-10H2,(H,19,21)(H,20,22). The maximum Gasteiger partial charge on any atom is 0.234 e. The van der Waals surface area contributed by atoms with Gasteiger partial charge >= 0.3 is 0 Å². The summed E-state index contributed by atoms with van der Waals surface area (Å²) in [5.41, 5.74) is 0.585. The first-order valence-electron chi connectivity index (χ1n) is 6.72. The Morgan fingerprint density at radius 1 is 0.870 bits per heavy atom. The number of thioether (sulfide) groups is 1. The second-order valence-electron chi connectivity index (χ2n) is 4.58. The van der Waals surface area contributed by atoms with Gasteiger partial charge in [0.1, 0.15) is 11.6 Å². The highest BCUT2D eigenvalue weighted by molar-refractivity contribution is 8.00. The highest BCUT2D eigenvalue weighted by atomic mass is 32.2. The summed E-state index contributed by atoms with van der Waals surface area (Å²) >= 11 is 1.10. The monoisotopic (exact) mass is 336 g/mol. The maximum atomic E-state index is 13.4. The van der Waals surface area contributed by atoms with Crippen LogP contribution < -0.4 is 10.6 Å². The Kier molecular flexibility index (Phi) is 6.10. The Morgan fingerprint density at radius 3 is 2.13 bits per heavy atom. The molecule has 2 rings (SSSR count). The van der Waals surface area contributed by atoms with Crippen LogP contribution >= 0.6 is 11.8 Å². The van der Waals surface area contributed by atoms with Gasteiger partial charge in [0.2, 0.25) is 11.8 Å². The Morgan fingerprint density at radius 2 is 1.48 bits per heavy atom. The minimum absolute atomic E-state index is 0.0190. The van der Waals surface area contributed by atoms with Gasteiger partial charge < -0.3 is 10.6 Å². The number of hydrogen-bond donors (Lipinski definition) is 2. The van der Waals surface area contributed by atoms with E-state index >= 15 is 0 Å². The molecule has 0 aliphatic heterocycles. The molecule has 2 aromatic carbocycles. The number of anilines is 2. The van der Waals surface area contributed by atoms with Gasteiger partial charge in [0.25, 0.3) is 0 Å². The smallest absolute Gasteiger partial charge is 0.234 e. The molecule has 0 saturated heterocycles. The number of halogens is 2. The van der Waals surface area contributed by atoms with Gasteiger partial charge in [-0.3, -0.25) is 9.59 Å². The summed E-state index contributed by atoms with van der Waals surface area (Å²) in [6, 6.07) is 11.2. The van der Waals surface area contributed by atoms with Crippen molar-refractivity contribution in [3.63, 3.8) is 0 Å². The third kappa shape index (κ3) is 5.71. The molecule has 2 amide bonds. The normalized spacial score (nSPS) is 10.2. The van der Waals surface area contributed by atoms with Crippen molar-refractivity contribution in [3.8, 4) is 0 Å². The lowest BCUT2D eigenvalue weighted by Gasteiger charge is -2.07. The Hall–Kier alpha value is -2.41. The fourth-order valence-corrected chi connectivity index (χ4v) is 2.33. The molecule has 7 heteroatoms. The van der Waals surface area contributed by atoms with Gasteiger partial charge in [-0.1, -0.05) is 12.1 Å². The van der Waals surface area contributed by atoms with E-state index in [-0.39, 0.29) is 28.9 Å². The zero-order valence-electron chi connectivity index (χ0n) is 12.0. The molecule has 0 bridgehead atoms. The Balaban J connectivity index is 1.72. The molecule has 0 aromatic heterocycles. The molecular weight excluding hydrogens is 322 g/mol. The first-order chi connectivity index (χ1) is 11.0. The molecule has 0 spiro atoms. The van der Waals surface area contributed by atoms with Gasteiger partial charge in [-0.2, -0.15) is 0 Å². The zero-order valence-corrected chi connectivity index (χ0v) is 12.8. The number of rotatable bonds is 6. The van der Waals surface area contributed by atoms with Crippen LogP contribution in [0.1, 0.15) is 0 Å². The van der Waals surface area contributed by atoms with Gasteiger partial charge in [-0.15, -0.1) is 11.8 Å². The molecule has 0 aliphatic rings. The molecule has 2 aromatic rings. The van der Waals surface area contributed by atoms with Gasteiger partial charge in [-0.25, -0.2) is 8.78 Å². The fourth-order valence-electron chi connectivity index (χ4n) is 1.72. The number of para-hydroxylation sites is 1. The highest BCUT2D eigenvalue weighted by Gasteiger charge is 2.08. The summed E-state index contributed by atoms with van der Waals surface area (Å²) in [6.07, 6.45) is 0. The van der Waals surface area contributed by atoms with Crippen molar-refractivity contribution < 1.29 is 18.4 Å². The largest absolute Gasteiger partial charge is 0.325 e. The lowest BCUT2D eigenvalue weighted by atomic mass is 10.3. The first kappa shape index (κ1) is 17.0.